The highest BCUT2D eigenvalue weighted by molar-refractivity contribution is 7.99. The highest BCUT2D eigenvalue weighted by atomic mass is 35.5. The number of aromatic nitrogens is 2. The summed E-state index contributed by atoms with van der Waals surface area (Å²) in [4.78, 5) is 19.6. The van der Waals surface area contributed by atoms with Crippen LogP contribution in [0.3, 0.4) is 0 Å². The van der Waals surface area contributed by atoms with E-state index in [1.54, 1.807) is 0 Å². The number of benzene rings is 1. The molecule has 0 radical (unpaired) electrons. The van der Waals surface area contributed by atoms with Crippen LogP contribution in [0.2, 0.25) is 0 Å². The molecule has 0 bridgehead atoms. The first-order valence-electron chi connectivity index (χ1n) is 10.1. The van der Waals surface area contributed by atoms with Crippen LogP contribution < -0.4 is 4.74 Å². The number of hydrogen-bond donors (Lipinski definition) is 1. The fourth-order valence-electron chi connectivity index (χ4n) is 2.88. The van der Waals surface area contributed by atoms with Crippen LogP contribution >= 0.6 is 24.2 Å². The number of thioether (sulfide) groups is 1. The van der Waals surface area contributed by atoms with Crippen LogP contribution in [0.5, 0.6) is 5.75 Å². The summed E-state index contributed by atoms with van der Waals surface area (Å²) >= 11 is 1.37. The Labute approximate surface area is 178 Å². The van der Waals surface area contributed by atoms with Crippen molar-refractivity contribution in [3.8, 4) is 5.75 Å². The minimum Gasteiger partial charge on any atom is -0.494 e. The highest BCUT2D eigenvalue weighted by Gasteiger charge is 2.09. The molecule has 2 rings (SSSR count). The van der Waals surface area contributed by atoms with Crippen molar-refractivity contribution < 1.29 is 14.3 Å². The van der Waals surface area contributed by atoms with Crippen molar-refractivity contribution in [2.75, 3.05) is 19.0 Å². The highest BCUT2D eigenvalue weighted by Crippen LogP contribution is 2.23. The van der Waals surface area contributed by atoms with Gasteiger partial charge in [0.15, 0.2) is 5.16 Å². The maximum Gasteiger partial charge on any atom is 0.316 e. The molecule has 0 unspecified atom stereocenters. The number of nitrogens with zero attached hydrogens (tertiary/aromatic N) is 1. The van der Waals surface area contributed by atoms with Gasteiger partial charge in [0, 0.05) is 6.07 Å². The van der Waals surface area contributed by atoms with Crippen LogP contribution in [0, 0.1) is 0 Å². The lowest BCUT2D eigenvalue weighted by Crippen LogP contribution is -2.08. The van der Waals surface area contributed by atoms with Crippen LogP contribution in [0.15, 0.2) is 23.4 Å². The molecule has 5 nitrogen and oxygen atoms in total. The maximum absolute atomic E-state index is 11.9. The van der Waals surface area contributed by atoms with E-state index in [9.17, 15) is 4.79 Å². The van der Waals surface area contributed by atoms with Gasteiger partial charge in [-0.25, -0.2) is 4.98 Å². The summed E-state index contributed by atoms with van der Waals surface area (Å²) in [6.07, 6.45) is 9.92. The predicted molar refractivity (Wildman–Crippen MR) is 119 cm³/mol. The van der Waals surface area contributed by atoms with Gasteiger partial charge in [-0.1, -0.05) is 63.6 Å². The Morgan fingerprint density at radius 1 is 1.07 bits per heavy atom. The first-order valence-corrected chi connectivity index (χ1v) is 11.1. The zero-order valence-corrected chi connectivity index (χ0v) is 18.6. The van der Waals surface area contributed by atoms with Crippen molar-refractivity contribution in [3.05, 3.63) is 18.2 Å². The third-order valence-corrected chi connectivity index (χ3v) is 5.18. The van der Waals surface area contributed by atoms with Gasteiger partial charge in [0.05, 0.1) is 30.0 Å². The summed E-state index contributed by atoms with van der Waals surface area (Å²) < 4.78 is 10.8. The van der Waals surface area contributed by atoms with E-state index in [1.807, 2.05) is 25.1 Å². The van der Waals surface area contributed by atoms with E-state index in [0.717, 1.165) is 34.8 Å². The van der Waals surface area contributed by atoms with Gasteiger partial charge in [0.25, 0.3) is 0 Å². The third kappa shape index (κ3) is 9.20. The standard InChI is InChI=1S/C21H32N2O3S.ClH/c1-3-5-6-7-8-9-10-11-14-26-20(24)16-27-21-22-18-13-12-17(25-4-2)15-19(18)23-21;/h12-13,15H,3-11,14,16H2,1-2H3,(H,22,23);1H. The van der Waals surface area contributed by atoms with Crippen LogP contribution in [-0.2, 0) is 9.53 Å². The molecule has 0 aliphatic heterocycles. The van der Waals surface area contributed by atoms with E-state index in [1.165, 1.54) is 50.3 Å². The van der Waals surface area contributed by atoms with Gasteiger partial charge in [0.1, 0.15) is 5.75 Å². The third-order valence-electron chi connectivity index (χ3n) is 4.33. The fraction of sp³-hybridized carbons (Fsp3) is 0.619. The van der Waals surface area contributed by atoms with E-state index < -0.39 is 0 Å². The molecular weight excluding hydrogens is 396 g/mol. The lowest BCUT2D eigenvalue weighted by molar-refractivity contribution is -0.140. The molecule has 0 amide bonds. The predicted octanol–water partition coefficient (Wildman–Crippen LogP) is 6.16. The van der Waals surface area contributed by atoms with Gasteiger partial charge in [-0.2, -0.15) is 0 Å². The van der Waals surface area contributed by atoms with Crippen LogP contribution in [0.4, 0.5) is 0 Å². The Morgan fingerprint density at radius 2 is 1.79 bits per heavy atom. The normalized spacial score (nSPS) is 10.6. The minimum absolute atomic E-state index is 0. The van der Waals surface area contributed by atoms with Gasteiger partial charge in [0.2, 0.25) is 0 Å². The lowest BCUT2D eigenvalue weighted by atomic mass is 10.1. The lowest BCUT2D eigenvalue weighted by Gasteiger charge is -2.04. The Hall–Kier alpha value is -1.40. The Bertz CT molecular complexity index is 693. The average molecular weight is 429 g/mol. The molecule has 158 valence electrons. The number of halogens is 1. The van der Waals surface area contributed by atoms with Gasteiger partial charge >= 0.3 is 5.97 Å². The van der Waals surface area contributed by atoms with E-state index in [2.05, 4.69) is 16.9 Å². The molecular formula is C21H33ClN2O3S. The molecule has 1 N–H and O–H groups in total. The van der Waals surface area contributed by atoms with Crippen LogP contribution in [0.1, 0.15) is 65.2 Å². The van der Waals surface area contributed by atoms with Crippen molar-refractivity contribution in [2.45, 2.75) is 70.4 Å². The summed E-state index contributed by atoms with van der Waals surface area (Å²) in [5.41, 5.74) is 1.78. The zero-order chi connectivity index (χ0) is 19.3. The average Bonchev–Trinajstić information content (AvgIpc) is 3.07. The first-order chi connectivity index (χ1) is 13.2. The van der Waals surface area contributed by atoms with Crippen LogP contribution in [0.25, 0.3) is 11.0 Å². The summed E-state index contributed by atoms with van der Waals surface area (Å²) in [6, 6.07) is 5.75. The second-order valence-corrected chi connectivity index (χ2v) is 7.60. The molecule has 1 aromatic carbocycles. The quantitative estimate of drug-likeness (QED) is 0.222. The number of nitrogens with one attached hydrogen (secondary N) is 1. The van der Waals surface area contributed by atoms with E-state index in [-0.39, 0.29) is 24.1 Å². The number of carbonyl (C=O) groups excluding carboxylic acids is 1. The number of rotatable bonds is 14. The molecule has 1 heterocycles. The second kappa shape index (κ2) is 14.6. The monoisotopic (exact) mass is 428 g/mol. The SMILES string of the molecule is CCCCCCCCCCOC(=O)CSc1nc2ccc(OCC)cc2[nH]1.Cl. The van der Waals surface area contributed by atoms with Crippen molar-refractivity contribution in [1.82, 2.24) is 9.97 Å². The molecule has 2 aromatic rings. The van der Waals surface area contributed by atoms with Gasteiger partial charge in [-0.05, 0) is 25.5 Å². The molecule has 0 aliphatic rings. The summed E-state index contributed by atoms with van der Waals surface area (Å²) in [5, 5.41) is 0.725. The number of esters is 1. The van der Waals surface area contributed by atoms with Gasteiger partial charge in [-0.3, -0.25) is 4.79 Å². The molecule has 0 atom stereocenters. The summed E-state index contributed by atoms with van der Waals surface area (Å²) in [5.74, 6) is 0.906. The summed E-state index contributed by atoms with van der Waals surface area (Å²) in [6.45, 7) is 5.34. The summed E-state index contributed by atoms with van der Waals surface area (Å²) in [7, 11) is 0. The molecule has 0 fully saturated rings. The van der Waals surface area contributed by atoms with Gasteiger partial charge in [-0.15, -0.1) is 12.4 Å². The Kier molecular flexibility index (Phi) is 12.8. The molecule has 0 spiro atoms. The van der Waals surface area contributed by atoms with E-state index in [0.29, 0.717) is 13.2 Å². The molecule has 0 aliphatic carbocycles. The first kappa shape index (κ1) is 24.6. The minimum atomic E-state index is -0.182. The molecule has 0 saturated carbocycles. The Morgan fingerprint density at radius 3 is 2.50 bits per heavy atom. The van der Waals surface area contributed by atoms with E-state index >= 15 is 0 Å². The second-order valence-electron chi connectivity index (χ2n) is 6.64. The zero-order valence-electron chi connectivity index (χ0n) is 17.0. The number of carbonyl (C=O) groups is 1. The largest absolute Gasteiger partial charge is 0.494 e. The van der Waals surface area contributed by atoms with Crippen molar-refractivity contribution in [2.24, 2.45) is 0 Å². The number of hydrogen-bond acceptors (Lipinski definition) is 5. The topological polar surface area (TPSA) is 64.2 Å². The fourth-order valence-corrected chi connectivity index (χ4v) is 3.56. The van der Waals surface area contributed by atoms with Crippen molar-refractivity contribution in [3.63, 3.8) is 0 Å². The van der Waals surface area contributed by atoms with Gasteiger partial charge < -0.3 is 14.5 Å². The molecule has 0 saturated heterocycles. The molecule has 1 aromatic heterocycles. The molecule has 28 heavy (non-hydrogen) atoms. The smallest absolute Gasteiger partial charge is 0.316 e. The Balaban J connectivity index is 0.00000392. The van der Waals surface area contributed by atoms with Crippen LogP contribution in [-0.4, -0.2) is 34.9 Å². The number of unbranched alkanes of at least 4 members (excludes halogenated alkanes) is 7. The van der Waals surface area contributed by atoms with E-state index in [4.69, 9.17) is 9.47 Å². The number of ether oxygens (including phenoxy) is 2. The van der Waals surface area contributed by atoms with Crippen molar-refractivity contribution >= 4 is 41.2 Å². The maximum atomic E-state index is 11.9. The van der Waals surface area contributed by atoms with Crippen molar-refractivity contribution in [1.29, 1.82) is 0 Å². The number of fused-ring (bicyclic) bond motifs is 1. The number of H-pyrrole nitrogens is 1. The number of aromatic amines is 1. The number of imidazole rings is 1. The molecule has 7 heteroatoms.